The Morgan fingerprint density at radius 2 is 1.86 bits per heavy atom. The number of amides is 2. The second-order valence-electron chi connectivity index (χ2n) is 5.52. The van der Waals surface area contributed by atoms with Crippen molar-refractivity contribution >= 4 is 17.5 Å². The fraction of sp³-hybridized carbons (Fsp3) is 0.294. The molecule has 22 heavy (non-hydrogen) atoms. The molecular formula is C17H22N4O. The highest BCUT2D eigenvalue weighted by Crippen LogP contribution is 2.11. The molecule has 0 saturated carbocycles. The minimum atomic E-state index is -0.247. The van der Waals surface area contributed by atoms with Crippen molar-refractivity contribution in [2.45, 2.75) is 33.4 Å². The van der Waals surface area contributed by atoms with E-state index >= 15 is 0 Å². The Morgan fingerprint density at radius 3 is 2.45 bits per heavy atom. The van der Waals surface area contributed by atoms with Gasteiger partial charge in [0.25, 0.3) is 0 Å². The first kappa shape index (κ1) is 15.8. The molecule has 0 atom stereocenters. The fourth-order valence-electron chi connectivity index (χ4n) is 1.90. The van der Waals surface area contributed by atoms with E-state index in [2.05, 4.69) is 52.1 Å². The minimum absolute atomic E-state index is 0.0930. The second-order valence-corrected chi connectivity index (χ2v) is 5.52. The summed E-state index contributed by atoms with van der Waals surface area (Å²) in [5.74, 6) is 0.527. The Morgan fingerprint density at radius 1 is 1.14 bits per heavy atom. The molecule has 5 nitrogen and oxygen atoms in total. The van der Waals surface area contributed by atoms with E-state index < -0.39 is 0 Å². The molecule has 0 aliphatic heterocycles. The number of carbonyl (C=O) groups excluding carboxylic acids is 1. The Hall–Kier alpha value is -2.56. The summed E-state index contributed by atoms with van der Waals surface area (Å²) < 4.78 is 0. The molecule has 0 bridgehead atoms. The number of rotatable bonds is 5. The maximum absolute atomic E-state index is 11.6. The lowest BCUT2D eigenvalue weighted by Crippen LogP contribution is -2.34. The SMILES string of the molecule is Cc1ccc(CNc2ccc(NC(=O)NC(C)C)nc2)cc1. The highest BCUT2D eigenvalue weighted by molar-refractivity contribution is 5.88. The van der Waals surface area contributed by atoms with Gasteiger partial charge >= 0.3 is 6.03 Å². The lowest BCUT2D eigenvalue weighted by Gasteiger charge is -2.10. The maximum atomic E-state index is 11.6. The van der Waals surface area contributed by atoms with Crippen molar-refractivity contribution in [2.75, 3.05) is 10.6 Å². The maximum Gasteiger partial charge on any atom is 0.320 e. The van der Waals surface area contributed by atoms with Gasteiger partial charge in [-0.05, 0) is 38.5 Å². The third-order valence-electron chi connectivity index (χ3n) is 3.04. The topological polar surface area (TPSA) is 66.0 Å². The van der Waals surface area contributed by atoms with Crippen molar-refractivity contribution in [1.82, 2.24) is 10.3 Å². The Balaban J connectivity index is 1.86. The van der Waals surface area contributed by atoms with E-state index in [9.17, 15) is 4.79 Å². The van der Waals surface area contributed by atoms with E-state index in [1.54, 1.807) is 12.3 Å². The number of nitrogens with one attached hydrogen (secondary N) is 3. The van der Waals surface area contributed by atoms with Crippen LogP contribution >= 0.6 is 0 Å². The zero-order chi connectivity index (χ0) is 15.9. The molecule has 2 aromatic rings. The van der Waals surface area contributed by atoms with Gasteiger partial charge in [0, 0.05) is 12.6 Å². The van der Waals surface area contributed by atoms with E-state index in [0.717, 1.165) is 12.2 Å². The molecule has 1 aromatic heterocycles. The Bertz CT molecular complexity index is 606. The summed E-state index contributed by atoms with van der Waals surface area (Å²) >= 11 is 0. The van der Waals surface area contributed by atoms with E-state index in [1.165, 1.54) is 11.1 Å². The molecule has 0 fully saturated rings. The van der Waals surface area contributed by atoms with Gasteiger partial charge in [-0.2, -0.15) is 0 Å². The third kappa shape index (κ3) is 5.09. The first-order valence-electron chi connectivity index (χ1n) is 7.36. The lowest BCUT2D eigenvalue weighted by atomic mass is 10.1. The van der Waals surface area contributed by atoms with Crippen LogP contribution in [0.2, 0.25) is 0 Å². The third-order valence-corrected chi connectivity index (χ3v) is 3.04. The summed E-state index contributed by atoms with van der Waals surface area (Å²) in [5, 5.41) is 8.75. The van der Waals surface area contributed by atoms with Crippen LogP contribution in [0.15, 0.2) is 42.6 Å². The molecule has 5 heteroatoms. The van der Waals surface area contributed by atoms with Crippen LogP contribution in [0, 0.1) is 6.92 Å². The molecule has 1 heterocycles. The van der Waals surface area contributed by atoms with E-state index in [1.807, 2.05) is 19.9 Å². The van der Waals surface area contributed by atoms with Crippen molar-refractivity contribution in [3.05, 3.63) is 53.7 Å². The largest absolute Gasteiger partial charge is 0.380 e. The molecule has 0 radical (unpaired) electrons. The zero-order valence-corrected chi connectivity index (χ0v) is 13.2. The molecule has 2 amide bonds. The van der Waals surface area contributed by atoms with Crippen LogP contribution in [0.1, 0.15) is 25.0 Å². The number of urea groups is 1. The first-order chi connectivity index (χ1) is 10.5. The van der Waals surface area contributed by atoms with E-state index in [-0.39, 0.29) is 12.1 Å². The van der Waals surface area contributed by atoms with Gasteiger partial charge < -0.3 is 10.6 Å². The van der Waals surface area contributed by atoms with E-state index in [4.69, 9.17) is 0 Å². The van der Waals surface area contributed by atoms with Gasteiger partial charge in [0.05, 0.1) is 11.9 Å². The molecular weight excluding hydrogens is 276 g/mol. The van der Waals surface area contributed by atoms with Crippen molar-refractivity contribution in [3.63, 3.8) is 0 Å². The smallest absolute Gasteiger partial charge is 0.320 e. The summed E-state index contributed by atoms with van der Waals surface area (Å²) in [6.07, 6.45) is 1.71. The average molecular weight is 298 g/mol. The molecule has 0 saturated heterocycles. The standard InChI is InChI=1S/C17H22N4O/c1-12(2)20-17(22)21-16-9-8-15(11-19-16)18-10-14-6-4-13(3)5-7-14/h4-9,11-12,18H,10H2,1-3H3,(H2,19,20,21,22). The molecule has 1 aromatic carbocycles. The number of carbonyl (C=O) groups is 1. The number of pyridine rings is 1. The van der Waals surface area contributed by atoms with Crippen molar-refractivity contribution in [2.24, 2.45) is 0 Å². The molecule has 0 aliphatic rings. The summed E-state index contributed by atoms with van der Waals surface area (Å²) in [5.41, 5.74) is 3.38. The second kappa shape index (κ2) is 7.45. The van der Waals surface area contributed by atoms with Crippen molar-refractivity contribution in [1.29, 1.82) is 0 Å². The highest BCUT2D eigenvalue weighted by Gasteiger charge is 2.04. The molecule has 2 rings (SSSR count). The number of aromatic nitrogens is 1. The lowest BCUT2D eigenvalue weighted by molar-refractivity contribution is 0.250. The van der Waals surface area contributed by atoms with Crippen LogP contribution in [0.5, 0.6) is 0 Å². The molecule has 0 unspecified atom stereocenters. The molecule has 0 aliphatic carbocycles. The Labute approximate surface area is 131 Å². The van der Waals surface area contributed by atoms with E-state index in [0.29, 0.717) is 5.82 Å². The van der Waals surface area contributed by atoms with Gasteiger partial charge in [-0.15, -0.1) is 0 Å². The van der Waals surface area contributed by atoms with Crippen LogP contribution in [-0.2, 0) is 6.54 Å². The molecule has 3 N–H and O–H groups in total. The quantitative estimate of drug-likeness (QED) is 0.791. The number of hydrogen-bond acceptors (Lipinski definition) is 3. The van der Waals surface area contributed by atoms with Crippen LogP contribution in [0.4, 0.5) is 16.3 Å². The van der Waals surface area contributed by atoms with Gasteiger partial charge in [-0.25, -0.2) is 9.78 Å². The van der Waals surface area contributed by atoms with Gasteiger partial charge in [-0.1, -0.05) is 29.8 Å². The summed E-state index contributed by atoms with van der Waals surface area (Å²) in [6.45, 7) is 6.63. The predicted octanol–water partition coefficient (Wildman–Crippen LogP) is 3.53. The molecule has 0 spiro atoms. The fourth-order valence-corrected chi connectivity index (χ4v) is 1.90. The number of aryl methyl sites for hydroxylation is 1. The summed E-state index contributed by atoms with van der Waals surface area (Å²) in [7, 11) is 0. The van der Waals surface area contributed by atoms with Crippen LogP contribution < -0.4 is 16.0 Å². The van der Waals surface area contributed by atoms with Gasteiger partial charge in [0.1, 0.15) is 5.82 Å². The monoisotopic (exact) mass is 298 g/mol. The normalized spacial score (nSPS) is 10.4. The number of nitrogens with zero attached hydrogens (tertiary/aromatic N) is 1. The van der Waals surface area contributed by atoms with Gasteiger partial charge in [0.2, 0.25) is 0 Å². The first-order valence-corrected chi connectivity index (χ1v) is 7.36. The highest BCUT2D eigenvalue weighted by atomic mass is 16.2. The number of hydrogen-bond donors (Lipinski definition) is 3. The van der Waals surface area contributed by atoms with Gasteiger partial charge in [-0.3, -0.25) is 5.32 Å². The number of benzene rings is 1. The number of anilines is 2. The van der Waals surface area contributed by atoms with Crippen LogP contribution in [-0.4, -0.2) is 17.1 Å². The van der Waals surface area contributed by atoms with Crippen molar-refractivity contribution < 1.29 is 4.79 Å². The minimum Gasteiger partial charge on any atom is -0.380 e. The van der Waals surface area contributed by atoms with Gasteiger partial charge in [0.15, 0.2) is 0 Å². The van der Waals surface area contributed by atoms with Crippen LogP contribution in [0.3, 0.4) is 0 Å². The molecule has 116 valence electrons. The predicted molar refractivity (Wildman–Crippen MR) is 90.0 cm³/mol. The van der Waals surface area contributed by atoms with Crippen molar-refractivity contribution in [3.8, 4) is 0 Å². The average Bonchev–Trinajstić information content (AvgIpc) is 2.47. The summed E-state index contributed by atoms with van der Waals surface area (Å²) in [6, 6.07) is 11.9. The Kier molecular flexibility index (Phi) is 5.36. The van der Waals surface area contributed by atoms with Crippen LogP contribution in [0.25, 0.3) is 0 Å². The summed E-state index contributed by atoms with van der Waals surface area (Å²) in [4.78, 5) is 15.8. The zero-order valence-electron chi connectivity index (χ0n) is 13.2.